The zero-order chi connectivity index (χ0) is 14.4. The van der Waals surface area contributed by atoms with Gasteiger partial charge in [-0.05, 0) is 24.8 Å². The lowest BCUT2D eigenvalue weighted by atomic mass is 10.1. The monoisotopic (exact) mass is 277 g/mol. The maximum Gasteiger partial charge on any atom is 0.330 e. The highest BCUT2D eigenvalue weighted by atomic mass is 16.5. The Balaban J connectivity index is 1.87. The van der Waals surface area contributed by atoms with Gasteiger partial charge in [0, 0.05) is 13.0 Å². The minimum Gasteiger partial charge on any atom is -0.479 e. The molecule has 1 aliphatic heterocycles. The Bertz CT molecular complexity index is 454. The number of hydrogen-bond acceptors (Lipinski definition) is 3. The van der Waals surface area contributed by atoms with E-state index in [1.807, 2.05) is 6.07 Å². The maximum atomic E-state index is 11.9. The van der Waals surface area contributed by atoms with Crippen molar-refractivity contribution in [3.05, 3.63) is 35.9 Å². The Labute approximate surface area is 117 Å². The van der Waals surface area contributed by atoms with E-state index in [1.54, 1.807) is 24.3 Å². The Hall–Kier alpha value is -1.88. The molecule has 1 heterocycles. The summed E-state index contributed by atoms with van der Waals surface area (Å²) in [6.45, 7) is 0.758. The number of amides is 1. The fraction of sp³-hybridized carbons (Fsp3) is 0.467. The molecule has 5 heteroatoms. The van der Waals surface area contributed by atoms with Crippen LogP contribution in [0.1, 0.15) is 37.3 Å². The largest absolute Gasteiger partial charge is 0.479 e. The first-order valence-corrected chi connectivity index (χ1v) is 6.85. The molecule has 108 valence electrons. The first-order chi connectivity index (χ1) is 9.66. The van der Waals surface area contributed by atoms with E-state index in [0.717, 1.165) is 19.4 Å². The van der Waals surface area contributed by atoms with E-state index in [1.165, 1.54) is 0 Å². The zero-order valence-corrected chi connectivity index (χ0v) is 11.2. The van der Waals surface area contributed by atoms with Crippen molar-refractivity contribution < 1.29 is 19.4 Å². The summed E-state index contributed by atoms with van der Waals surface area (Å²) < 4.78 is 5.44. The van der Waals surface area contributed by atoms with Gasteiger partial charge in [-0.3, -0.25) is 4.79 Å². The molecule has 0 bridgehead atoms. The molecule has 0 radical (unpaired) electrons. The standard InChI is InChI=1S/C15H19NO4/c17-13(9-8-12-7-4-10-20-12)16-14(15(18)19)11-5-2-1-3-6-11/h1-3,5-6,12,14H,4,7-10H2,(H,16,17)(H,18,19)/t12?,14-/m1/s1. The molecule has 0 aliphatic carbocycles. The van der Waals surface area contributed by atoms with E-state index < -0.39 is 12.0 Å². The summed E-state index contributed by atoms with van der Waals surface area (Å²) in [5.41, 5.74) is 0.575. The van der Waals surface area contributed by atoms with Gasteiger partial charge in [0.15, 0.2) is 6.04 Å². The topological polar surface area (TPSA) is 75.6 Å². The van der Waals surface area contributed by atoms with E-state index in [-0.39, 0.29) is 12.0 Å². The van der Waals surface area contributed by atoms with Crippen LogP contribution in [0, 0.1) is 0 Å². The number of nitrogens with one attached hydrogen (secondary N) is 1. The van der Waals surface area contributed by atoms with Crippen LogP contribution in [0.4, 0.5) is 0 Å². The number of hydrogen-bond donors (Lipinski definition) is 2. The van der Waals surface area contributed by atoms with Crippen molar-refractivity contribution in [2.24, 2.45) is 0 Å². The van der Waals surface area contributed by atoms with Crippen molar-refractivity contribution in [2.45, 2.75) is 37.8 Å². The van der Waals surface area contributed by atoms with Gasteiger partial charge in [-0.15, -0.1) is 0 Å². The number of carboxylic acids is 1. The smallest absolute Gasteiger partial charge is 0.330 e. The average molecular weight is 277 g/mol. The number of aliphatic carboxylic acids is 1. The van der Waals surface area contributed by atoms with Crippen LogP contribution in [0.15, 0.2) is 30.3 Å². The van der Waals surface area contributed by atoms with Crippen LogP contribution in [0.5, 0.6) is 0 Å². The summed E-state index contributed by atoms with van der Waals surface area (Å²) in [6, 6.07) is 7.71. The molecule has 0 spiro atoms. The molecule has 0 aromatic heterocycles. The third-order valence-electron chi connectivity index (χ3n) is 3.40. The zero-order valence-electron chi connectivity index (χ0n) is 11.2. The lowest BCUT2D eigenvalue weighted by molar-refractivity contribution is -0.142. The second-order valence-electron chi connectivity index (χ2n) is 4.92. The predicted octanol–water partition coefficient (Wildman–Crippen LogP) is 1.89. The van der Waals surface area contributed by atoms with Crippen LogP contribution in [-0.2, 0) is 14.3 Å². The third-order valence-corrected chi connectivity index (χ3v) is 3.40. The first-order valence-electron chi connectivity index (χ1n) is 6.85. The van der Waals surface area contributed by atoms with Gasteiger partial charge in [-0.2, -0.15) is 0 Å². The van der Waals surface area contributed by atoms with Gasteiger partial charge in [0.1, 0.15) is 0 Å². The van der Waals surface area contributed by atoms with Crippen molar-refractivity contribution >= 4 is 11.9 Å². The van der Waals surface area contributed by atoms with E-state index >= 15 is 0 Å². The Morgan fingerprint density at radius 2 is 2.10 bits per heavy atom. The van der Waals surface area contributed by atoms with Crippen molar-refractivity contribution in [1.29, 1.82) is 0 Å². The molecule has 1 fully saturated rings. The quantitative estimate of drug-likeness (QED) is 0.832. The molecule has 1 aromatic rings. The van der Waals surface area contributed by atoms with Gasteiger partial charge >= 0.3 is 5.97 Å². The summed E-state index contributed by atoms with van der Waals surface area (Å²) in [5, 5.41) is 11.8. The molecule has 2 atom stereocenters. The number of ether oxygens (including phenoxy) is 1. The van der Waals surface area contributed by atoms with Crippen LogP contribution < -0.4 is 5.32 Å². The van der Waals surface area contributed by atoms with Gasteiger partial charge in [0.2, 0.25) is 5.91 Å². The first kappa shape index (κ1) is 14.5. The lowest BCUT2D eigenvalue weighted by Gasteiger charge is -2.15. The Kier molecular flexibility index (Phi) is 5.12. The Morgan fingerprint density at radius 1 is 1.35 bits per heavy atom. The SMILES string of the molecule is O=C(CCC1CCCO1)N[C@@H](C(=O)O)c1ccccc1. The summed E-state index contributed by atoms with van der Waals surface area (Å²) in [6.07, 6.45) is 3.09. The molecule has 5 nitrogen and oxygen atoms in total. The van der Waals surface area contributed by atoms with E-state index in [0.29, 0.717) is 18.4 Å². The molecule has 20 heavy (non-hydrogen) atoms. The van der Waals surface area contributed by atoms with Gasteiger partial charge in [0.25, 0.3) is 0 Å². The second-order valence-corrected chi connectivity index (χ2v) is 4.92. The number of benzene rings is 1. The molecule has 1 aromatic carbocycles. The normalized spacial score (nSPS) is 19.5. The van der Waals surface area contributed by atoms with Gasteiger partial charge in [-0.25, -0.2) is 4.79 Å². The fourth-order valence-electron chi connectivity index (χ4n) is 2.33. The van der Waals surface area contributed by atoms with Gasteiger partial charge in [-0.1, -0.05) is 30.3 Å². The van der Waals surface area contributed by atoms with Crippen LogP contribution >= 0.6 is 0 Å². The van der Waals surface area contributed by atoms with Crippen molar-refractivity contribution in [2.75, 3.05) is 6.61 Å². The van der Waals surface area contributed by atoms with Crippen LogP contribution in [-0.4, -0.2) is 29.7 Å². The molecule has 1 unspecified atom stereocenters. The van der Waals surface area contributed by atoms with Crippen molar-refractivity contribution in [3.8, 4) is 0 Å². The minimum absolute atomic E-state index is 0.140. The van der Waals surface area contributed by atoms with E-state index in [9.17, 15) is 14.7 Å². The summed E-state index contributed by atoms with van der Waals surface area (Å²) in [4.78, 5) is 23.1. The molecule has 0 saturated carbocycles. The number of carbonyl (C=O) groups is 2. The maximum absolute atomic E-state index is 11.9. The fourth-order valence-corrected chi connectivity index (χ4v) is 2.33. The molecule has 2 N–H and O–H groups in total. The molecular formula is C15H19NO4. The summed E-state index contributed by atoms with van der Waals surface area (Å²) in [7, 11) is 0. The number of carbonyl (C=O) groups excluding carboxylic acids is 1. The highest BCUT2D eigenvalue weighted by Crippen LogP contribution is 2.18. The van der Waals surface area contributed by atoms with E-state index in [2.05, 4.69) is 5.32 Å². The van der Waals surface area contributed by atoms with Crippen molar-refractivity contribution in [3.63, 3.8) is 0 Å². The van der Waals surface area contributed by atoms with Gasteiger partial charge in [0.05, 0.1) is 6.10 Å². The summed E-state index contributed by atoms with van der Waals surface area (Å²) >= 11 is 0. The van der Waals surface area contributed by atoms with Crippen molar-refractivity contribution in [1.82, 2.24) is 5.32 Å². The predicted molar refractivity (Wildman–Crippen MR) is 73.2 cm³/mol. The van der Waals surface area contributed by atoms with Crippen LogP contribution in [0.25, 0.3) is 0 Å². The average Bonchev–Trinajstić information content (AvgIpc) is 2.96. The highest BCUT2D eigenvalue weighted by Gasteiger charge is 2.23. The lowest BCUT2D eigenvalue weighted by Crippen LogP contribution is -2.34. The molecule has 2 rings (SSSR count). The number of rotatable bonds is 6. The van der Waals surface area contributed by atoms with Gasteiger partial charge < -0.3 is 15.2 Å². The second kappa shape index (κ2) is 7.05. The summed E-state index contributed by atoms with van der Waals surface area (Å²) in [5.74, 6) is -1.31. The third kappa shape index (κ3) is 4.06. The highest BCUT2D eigenvalue weighted by molar-refractivity contribution is 5.84. The van der Waals surface area contributed by atoms with Crippen LogP contribution in [0.2, 0.25) is 0 Å². The molecule has 1 amide bonds. The Morgan fingerprint density at radius 3 is 2.70 bits per heavy atom. The molecular weight excluding hydrogens is 258 g/mol. The molecule has 1 aliphatic rings. The number of carboxylic acid groups (broad SMARTS) is 1. The minimum atomic E-state index is -1.05. The molecule has 1 saturated heterocycles. The van der Waals surface area contributed by atoms with Crippen LogP contribution in [0.3, 0.4) is 0 Å². The van der Waals surface area contributed by atoms with E-state index in [4.69, 9.17) is 4.74 Å².